The van der Waals surface area contributed by atoms with Gasteiger partial charge in [0.2, 0.25) is 0 Å². The van der Waals surface area contributed by atoms with Crippen molar-refractivity contribution in [3.05, 3.63) is 28.9 Å². The van der Waals surface area contributed by atoms with Crippen molar-refractivity contribution in [3.63, 3.8) is 0 Å². The number of rotatable bonds is 5. The molecule has 0 amide bonds. The lowest BCUT2D eigenvalue weighted by Gasteiger charge is -2.14. The highest BCUT2D eigenvalue weighted by molar-refractivity contribution is 8.01. The molecule has 2 aromatic rings. The van der Waals surface area contributed by atoms with Crippen LogP contribution in [0.4, 0.5) is 5.82 Å². The summed E-state index contributed by atoms with van der Waals surface area (Å²) in [5.74, 6) is 2.20. The first-order valence-electron chi connectivity index (χ1n) is 6.45. The van der Waals surface area contributed by atoms with Crippen LogP contribution in [0.15, 0.2) is 26.7 Å². The van der Waals surface area contributed by atoms with E-state index in [1.54, 1.807) is 23.1 Å². The molecule has 2 aromatic heterocycles. The van der Waals surface area contributed by atoms with E-state index < -0.39 is 0 Å². The number of nitrogens with zero attached hydrogens (tertiary/aromatic N) is 2. The lowest BCUT2D eigenvalue weighted by atomic mass is 10.2. The third-order valence-electron chi connectivity index (χ3n) is 2.67. The van der Waals surface area contributed by atoms with Gasteiger partial charge in [0.1, 0.15) is 16.7 Å². The van der Waals surface area contributed by atoms with Crippen molar-refractivity contribution in [2.24, 2.45) is 0 Å². The Kier molecular flexibility index (Phi) is 4.82. The second-order valence-corrected chi connectivity index (χ2v) is 6.82. The molecule has 3 nitrogen and oxygen atoms in total. The van der Waals surface area contributed by atoms with E-state index in [-0.39, 0.29) is 0 Å². The minimum absolute atomic E-state index is 0.334. The molecule has 0 spiro atoms. The van der Waals surface area contributed by atoms with Gasteiger partial charge in [-0.25, -0.2) is 9.97 Å². The highest BCUT2D eigenvalue weighted by Crippen LogP contribution is 2.34. The number of nitrogens with one attached hydrogen (secondary N) is 1. The molecule has 2 rings (SSSR count). The average molecular weight is 293 g/mol. The van der Waals surface area contributed by atoms with Crippen LogP contribution in [-0.4, -0.2) is 16.5 Å². The number of hydrogen-bond acceptors (Lipinski definition) is 5. The van der Waals surface area contributed by atoms with Crippen LogP contribution < -0.4 is 5.32 Å². The number of aromatic nitrogens is 2. The zero-order chi connectivity index (χ0) is 13.8. The molecule has 2 heterocycles. The summed E-state index contributed by atoms with van der Waals surface area (Å²) < 4.78 is 1.26. The minimum atomic E-state index is 0.334. The van der Waals surface area contributed by atoms with E-state index >= 15 is 0 Å². The number of thiophene rings is 1. The highest BCUT2D eigenvalue weighted by Gasteiger charge is 2.14. The van der Waals surface area contributed by atoms with Gasteiger partial charge in [-0.2, -0.15) is 0 Å². The molecular weight excluding hydrogens is 274 g/mol. The molecule has 5 heteroatoms. The van der Waals surface area contributed by atoms with Crippen molar-refractivity contribution in [2.75, 3.05) is 11.9 Å². The van der Waals surface area contributed by atoms with Crippen LogP contribution in [0.5, 0.6) is 0 Å². The van der Waals surface area contributed by atoms with Gasteiger partial charge in [-0.3, -0.25) is 0 Å². The van der Waals surface area contributed by atoms with Gasteiger partial charge in [-0.1, -0.05) is 31.7 Å². The SMILES string of the molecule is CCNc1nc(C(C)C)nc(Sc2cccs2)c1C. The quantitative estimate of drug-likeness (QED) is 0.821. The predicted octanol–water partition coefficient (Wildman–Crippen LogP) is 4.55. The lowest BCUT2D eigenvalue weighted by molar-refractivity contribution is 0.748. The first kappa shape index (κ1) is 14.3. The van der Waals surface area contributed by atoms with Gasteiger partial charge < -0.3 is 5.32 Å². The van der Waals surface area contributed by atoms with Gasteiger partial charge in [-0.15, -0.1) is 11.3 Å². The Hall–Kier alpha value is -1.07. The monoisotopic (exact) mass is 293 g/mol. The van der Waals surface area contributed by atoms with Crippen molar-refractivity contribution in [2.45, 2.75) is 42.8 Å². The third kappa shape index (κ3) is 3.48. The zero-order valence-corrected chi connectivity index (χ0v) is 13.4. The standard InChI is InChI=1S/C14H19N3S2/c1-5-15-13-10(4)14(17-12(16-13)9(2)3)19-11-7-6-8-18-11/h6-9H,5H2,1-4H3,(H,15,16,17). The van der Waals surface area contributed by atoms with Crippen LogP contribution in [0.2, 0.25) is 0 Å². The van der Waals surface area contributed by atoms with Gasteiger partial charge in [0.15, 0.2) is 0 Å². The second-order valence-electron chi connectivity index (χ2n) is 4.58. The van der Waals surface area contributed by atoms with Crippen LogP contribution in [-0.2, 0) is 0 Å². The first-order valence-corrected chi connectivity index (χ1v) is 8.15. The third-order valence-corrected chi connectivity index (χ3v) is 4.80. The Labute approximate surface area is 122 Å². The van der Waals surface area contributed by atoms with E-state index in [1.165, 1.54) is 4.21 Å². The van der Waals surface area contributed by atoms with Crippen molar-refractivity contribution < 1.29 is 0 Å². The smallest absolute Gasteiger partial charge is 0.134 e. The van der Waals surface area contributed by atoms with E-state index in [1.807, 2.05) is 0 Å². The predicted molar refractivity (Wildman–Crippen MR) is 83.5 cm³/mol. The number of hydrogen-bond donors (Lipinski definition) is 1. The maximum Gasteiger partial charge on any atom is 0.134 e. The fraction of sp³-hybridized carbons (Fsp3) is 0.429. The highest BCUT2D eigenvalue weighted by atomic mass is 32.2. The topological polar surface area (TPSA) is 37.8 Å². The zero-order valence-electron chi connectivity index (χ0n) is 11.7. The molecule has 0 radical (unpaired) electrons. The summed E-state index contributed by atoms with van der Waals surface area (Å²) in [6, 6.07) is 4.19. The molecule has 0 saturated carbocycles. The Morgan fingerprint density at radius 3 is 2.74 bits per heavy atom. The van der Waals surface area contributed by atoms with Gasteiger partial charge in [0.05, 0.1) is 4.21 Å². The van der Waals surface area contributed by atoms with E-state index in [4.69, 9.17) is 4.98 Å². The van der Waals surface area contributed by atoms with Crippen LogP contribution in [0, 0.1) is 6.92 Å². The summed E-state index contributed by atoms with van der Waals surface area (Å²) >= 11 is 3.46. The van der Waals surface area contributed by atoms with Gasteiger partial charge in [-0.05, 0) is 25.3 Å². The van der Waals surface area contributed by atoms with Crippen molar-refractivity contribution >= 4 is 28.9 Å². The molecule has 0 unspecified atom stereocenters. The Balaban J connectivity index is 2.39. The summed E-state index contributed by atoms with van der Waals surface area (Å²) in [4.78, 5) is 9.33. The first-order chi connectivity index (χ1) is 9.11. The molecule has 0 aromatic carbocycles. The molecule has 0 saturated heterocycles. The molecule has 0 bridgehead atoms. The minimum Gasteiger partial charge on any atom is -0.370 e. The molecule has 0 atom stereocenters. The van der Waals surface area contributed by atoms with Crippen molar-refractivity contribution in [1.29, 1.82) is 0 Å². The largest absolute Gasteiger partial charge is 0.370 e. The second kappa shape index (κ2) is 6.39. The van der Waals surface area contributed by atoms with E-state index in [9.17, 15) is 0 Å². The Bertz CT molecular complexity index is 536. The van der Waals surface area contributed by atoms with Crippen LogP contribution in [0.25, 0.3) is 0 Å². The molecule has 102 valence electrons. The molecular formula is C14H19N3S2. The molecule has 19 heavy (non-hydrogen) atoms. The summed E-state index contributed by atoms with van der Waals surface area (Å²) in [6.07, 6.45) is 0. The Morgan fingerprint density at radius 2 is 2.16 bits per heavy atom. The maximum atomic E-state index is 4.71. The summed E-state index contributed by atoms with van der Waals surface area (Å²) in [7, 11) is 0. The fourth-order valence-electron chi connectivity index (χ4n) is 1.63. The van der Waals surface area contributed by atoms with E-state index in [0.29, 0.717) is 5.92 Å². The lowest BCUT2D eigenvalue weighted by Crippen LogP contribution is -2.08. The molecule has 0 fully saturated rings. The fourth-order valence-corrected chi connectivity index (χ4v) is 3.40. The molecule has 1 N–H and O–H groups in total. The van der Waals surface area contributed by atoms with E-state index in [2.05, 4.69) is 55.5 Å². The molecule has 0 aliphatic carbocycles. The van der Waals surface area contributed by atoms with Crippen molar-refractivity contribution in [3.8, 4) is 0 Å². The normalized spacial score (nSPS) is 11.0. The summed E-state index contributed by atoms with van der Waals surface area (Å²) in [5, 5.41) is 6.47. The maximum absolute atomic E-state index is 4.71. The van der Waals surface area contributed by atoms with Gasteiger partial charge in [0, 0.05) is 18.0 Å². The molecule has 0 aliphatic heterocycles. The van der Waals surface area contributed by atoms with Crippen LogP contribution in [0.1, 0.15) is 38.1 Å². The summed E-state index contributed by atoms with van der Waals surface area (Å²) in [6.45, 7) is 9.29. The summed E-state index contributed by atoms with van der Waals surface area (Å²) in [5.41, 5.74) is 1.13. The Morgan fingerprint density at radius 1 is 1.37 bits per heavy atom. The van der Waals surface area contributed by atoms with Gasteiger partial charge in [0.25, 0.3) is 0 Å². The van der Waals surface area contributed by atoms with Crippen LogP contribution in [0.3, 0.4) is 0 Å². The van der Waals surface area contributed by atoms with Crippen LogP contribution >= 0.6 is 23.1 Å². The van der Waals surface area contributed by atoms with Gasteiger partial charge >= 0.3 is 0 Å². The molecule has 0 aliphatic rings. The number of anilines is 1. The van der Waals surface area contributed by atoms with Crippen molar-refractivity contribution in [1.82, 2.24) is 9.97 Å². The average Bonchev–Trinajstić information content (AvgIpc) is 2.87. The van der Waals surface area contributed by atoms with E-state index in [0.717, 1.165) is 28.8 Å².